The number of anilines is 1. The van der Waals surface area contributed by atoms with Crippen LogP contribution in [0.4, 0.5) is 10.5 Å². The monoisotopic (exact) mass is 570 g/mol. The van der Waals surface area contributed by atoms with Crippen molar-refractivity contribution in [3.8, 4) is 5.75 Å². The average molecular weight is 571 g/mol. The molecule has 0 bridgehead atoms. The van der Waals surface area contributed by atoms with Crippen LogP contribution in [-0.2, 0) is 16.0 Å². The lowest BCUT2D eigenvalue weighted by Crippen LogP contribution is -2.44. The lowest BCUT2D eigenvalue weighted by atomic mass is 9.89. The van der Waals surface area contributed by atoms with Crippen molar-refractivity contribution in [3.05, 3.63) is 95.2 Å². The third kappa shape index (κ3) is 4.29. The first kappa shape index (κ1) is 26.5. The Kier molecular flexibility index (Phi) is 6.66. The molecule has 3 N–H and O–H groups in total. The van der Waals surface area contributed by atoms with E-state index in [1.165, 1.54) is 12.1 Å². The second kappa shape index (κ2) is 10.3. The summed E-state index contributed by atoms with van der Waals surface area (Å²) in [4.78, 5) is 59.0. The number of nitrogens with one attached hydrogen (secondary N) is 2. The zero-order valence-electron chi connectivity index (χ0n) is 21.9. The van der Waals surface area contributed by atoms with Crippen LogP contribution in [0.1, 0.15) is 33.2 Å². The number of nitrogens with zero attached hydrogens (tertiary/aromatic N) is 2. The Balaban J connectivity index is 1.45. The van der Waals surface area contributed by atoms with E-state index in [-0.39, 0.29) is 17.0 Å². The summed E-state index contributed by atoms with van der Waals surface area (Å²) < 4.78 is 5.33. The number of urea groups is 1. The average Bonchev–Trinajstić information content (AvgIpc) is 3.48. The molecule has 1 unspecified atom stereocenters. The van der Waals surface area contributed by atoms with Gasteiger partial charge in [0.05, 0.1) is 18.4 Å². The highest BCUT2D eigenvalue weighted by Crippen LogP contribution is 2.45. The molecule has 6 rings (SSSR count). The van der Waals surface area contributed by atoms with Crippen LogP contribution < -0.4 is 15.0 Å². The van der Waals surface area contributed by atoms with Crippen molar-refractivity contribution in [1.82, 2.24) is 15.2 Å². The summed E-state index contributed by atoms with van der Waals surface area (Å²) in [6.07, 6.45) is 0.294. The zero-order chi connectivity index (χ0) is 28.8. The Morgan fingerprint density at radius 2 is 1.78 bits per heavy atom. The summed E-state index contributed by atoms with van der Waals surface area (Å²) >= 11 is 4.01. The Labute approximate surface area is 240 Å². The minimum atomic E-state index is -1.24. The SMILES string of the molecule is COc1ccc(C2c3[nH]c4ccccc4c3C[C@H]3C(=O)N(c4ccccc4C(=O)N[C@@H](CS)C(=O)O)C(=O)N23)cc1. The van der Waals surface area contributed by atoms with Gasteiger partial charge in [-0.2, -0.15) is 12.6 Å². The number of aromatic nitrogens is 1. The number of carbonyl (C=O) groups is 4. The third-order valence-electron chi connectivity index (χ3n) is 7.66. The number of ether oxygens (including phenoxy) is 1. The first-order chi connectivity index (χ1) is 19.8. The number of carboxylic acid groups (broad SMARTS) is 1. The van der Waals surface area contributed by atoms with Crippen LogP contribution >= 0.6 is 12.6 Å². The summed E-state index contributed by atoms with van der Waals surface area (Å²) in [6, 6.07) is 18.1. The Hall–Kier alpha value is -4.77. The van der Waals surface area contributed by atoms with Crippen LogP contribution in [-0.4, -0.2) is 63.8 Å². The molecule has 1 saturated heterocycles. The minimum absolute atomic E-state index is 0.00653. The standard InChI is InChI=1S/C30H26N4O6S/c1-40-17-12-10-16(11-13-17)26-25-20(18-6-2-4-8-21(18)31-25)14-24-28(36)34(30(39)33(24)26)23-9-5-3-7-19(23)27(35)32-22(15-41)29(37)38/h2-13,22,24,26,31,41H,14-15H2,1H3,(H,32,35)(H,37,38)/t22-,24-,26?/m0/s1. The molecule has 10 nitrogen and oxygen atoms in total. The molecule has 2 aliphatic rings. The summed E-state index contributed by atoms with van der Waals surface area (Å²) in [6.45, 7) is 0. The molecule has 1 aromatic heterocycles. The van der Waals surface area contributed by atoms with Crippen LogP contribution in [0.25, 0.3) is 10.9 Å². The minimum Gasteiger partial charge on any atom is -0.497 e. The van der Waals surface area contributed by atoms with Gasteiger partial charge < -0.3 is 20.1 Å². The van der Waals surface area contributed by atoms with Gasteiger partial charge in [0.2, 0.25) is 0 Å². The van der Waals surface area contributed by atoms with Crippen molar-refractivity contribution >= 4 is 53.0 Å². The number of fused-ring (bicyclic) bond motifs is 4. The number of carboxylic acids is 1. The van der Waals surface area contributed by atoms with E-state index in [2.05, 4.69) is 22.9 Å². The van der Waals surface area contributed by atoms with Gasteiger partial charge in [-0.05, 0) is 41.5 Å². The third-order valence-corrected chi connectivity index (χ3v) is 8.02. The van der Waals surface area contributed by atoms with Crippen LogP contribution in [0.2, 0.25) is 0 Å². The van der Waals surface area contributed by atoms with Crippen molar-refractivity contribution in [2.45, 2.75) is 24.5 Å². The number of para-hydroxylation sites is 2. The molecule has 0 radical (unpaired) electrons. The van der Waals surface area contributed by atoms with Crippen molar-refractivity contribution < 1.29 is 29.0 Å². The van der Waals surface area contributed by atoms with Gasteiger partial charge in [-0.3, -0.25) is 14.5 Å². The largest absolute Gasteiger partial charge is 0.497 e. The van der Waals surface area contributed by atoms with Crippen LogP contribution in [0.5, 0.6) is 5.75 Å². The molecular formula is C30H26N4O6S. The molecule has 0 aliphatic carbocycles. The van der Waals surface area contributed by atoms with Crippen molar-refractivity contribution in [2.75, 3.05) is 17.8 Å². The number of hydrogen-bond acceptors (Lipinski definition) is 6. The van der Waals surface area contributed by atoms with Gasteiger partial charge in [0.15, 0.2) is 0 Å². The van der Waals surface area contributed by atoms with Gasteiger partial charge in [0.25, 0.3) is 11.8 Å². The van der Waals surface area contributed by atoms with Gasteiger partial charge in [-0.25, -0.2) is 14.5 Å². The number of thiol groups is 1. The topological polar surface area (TPSA) is 132 Å². The van der Waals surface area contributed by atoms with Crippen molar-refractivity contribution in [2.24, 2.45) is 0 Å². The maximum atomic E-state index is 14.2. The molecule has 208 valence electrons. The quantitative estimate of drug-likeness (QED) is 0.198. The molecule has 0 saturated carbocycles. The predicted molar refractivity (Wildman–Crippen MR) is 155 cm³/mol. The molecule has 3 atom stereocenters. The highest BCUT2D eigenvalue weighted by molar-refractivity contribution is 7.80. The first-order valence-corrected chi connectivity index (χ1v) is 13.6. The summed E-state index contributed by atoms with van der Waals surface area (Å²) in [7, 11) is 1.57. The Morgan fingerprint density at radius 1 is 1.07 bits per heavy atom. The molecule has 11 heteroatoms. The number of methoxy groups -OCH3 is 1. The number of carbonyl (C=O) groups excluding carboxylic acids is 3. The van der Waals surface area contributed by atoms with Gasteiger partial charge in [0, 0.05) is 28.8 Å². The van der Waals surface area contributed by atoms with E-state index < -0.39 is 41.9 Å². The maximum Gasteiger partial charge on any atom is 0.332 e. The maximum absolute atomic E-state index is 14.2. The van der Waals surface area contributed by atoms with Gasteiger partial charge in [-0.15, -0.1) is 0 Å². The molecule has 1 fully saturated rings. The van der Waals surface area contributed by atoms with E-state index in [0.29, 0.717) is 12.2 Å². The Bertz CT molecular complexity index is 1700. The summed E-state index contributed by atoms with van der Waals surface area (Å²) in [5.41, 5.74) is 3.56. The van der Waals surface area contributed by atoms with E-state index in [0.717, 1.165) is 32.6 Å². The van der Waals surface area contributed by atoms with Gasteiger partial charge in [-0.1, -0.05) is 42.5 Å². The molecule has 4 amide bonds. The van der Waals surface area contributed by atoms with Crippen molar-refractivity contribution in [3.63, 3.8) is 0 Å². The molecule has 3 aromatic carbocycles. The van der Waals surface area contributed by atoms with Crippen molar-refractivity contribution in [1.29, 1.82) is 0 Å². The normalized spacial score (nSPS) is 18.7. The molecule has 4 aromatic rings. The molecule has 41 heavy (non-hydrogen) atoms. The fourth-order valence-corrected chi connectivity index (χ4v) is 5.96. The van der Waals surface area contributed by atoms with E-state index in [1.807, 2.05) is 36.4 Å². The van der Waals surface area contributed by atoms with E-state index in [1.54, 1.807) is 36.3 Å². The number of aliphatic carboxylic acids is 1. The fourth-order valence-electron chi connectivity index (χ4n) is 5.71. The zero-order valence-corrected chi connectivity index (χ0v) is 22.8. The number of benzene rings is 3. The number of imide groups is 1. The summed E-state index contributed by atoms with van der Waals surface area (Å²) in [5.74, 6) is -1.91. The number of amides is 4. The first-order valence-electron chi connectivity index (χ1n) is 13.0. The lowest BCUT2D eigenvalue weighted by molar-refractivity contribution is -0.138. The summed E-state index contributed by atoms with van der Waals surface area (Å²) in [5, 5.41) is 12.8. The number of aromatic amines is 1. The number of rotatable bonds is 7. The smallest absolute Gasteiger partial charge is 0.332 e. The predicted octanol–water partition coefficient (Wildman–Crippen LogP) is 3.77. The highest BCUT2D eigenvalue weighted by atomic mass is 32.1. The molecule has 0 spiro atoms. The molecule has 2 aliphatic heterocycles. The second-order valence-electron chi connectivity index (χ2n) is 9.89. The Morgan fingerprint density at radius 3 is 2.49 bits per heavy atom. The number of hydrogen-bond donors (Lipinski definition) is 4. The van der Waals surface area contributed by atoms with Crippen LogP contribution in [0, 0.1) is 0 Å². The fraction of sp³-hybridized carbons (Fsp3) is 0.200. The lowest BCUT2D eigenvalue weighted by Gasteiger charge is -2.36. The highest BCUT2D eigenvalue weighted by Gasteiger charge is 2.53. The van der Waals surface area contributed by atoms with E-state index in [4.69, 9.17) is 4.74 Å². The van der Waals surface area contributed by atoms with Crippen LogP contribution in [0.3, 0.4) is 0 Å². The second-order valence-corrected chi connectivity index (χ2v) is 10.3. The molecule has 3 heterocycles. The van der Waals surface area contributed by atoms with Crippen LogP contribution in [0.15, 0.2) is 72.8 Å². The van der Waals surface area contributed by atoms with Gasteiger partial charge in [0.1, 0.15) is 23.9 Å². The number of H-pyrrole nitrogens is 1. The van der Waals surface area contributed by atoms with E-state index in [9.17, 15) is 24.3 Å². The van der Waals surface area contributed by atoms with E-state index >= 15 is 0 Å². The van der Waals surface area contributed by atoms with Gasteiger partial charge >= 0.3 is 12.0 Å². The molecular weight excluding hydrogens is 544 g/mol.